The minimum atomic E-state index is -2.07. The smallest absolute Gasteiger partial charge is 0.258 e. The Bertz CT molecular complexity index is 335. The number of hydrogen-bond donors (Lipinski definition) is 0. The van der Waals surface area contributed by atoms with E-state index in [1.54, 1.807) is 0 Å². The second-order valence-electron chi connectivity index (χ2n) is 3.14. The maximum absolute atomic E-state index is 13.3. The van der Waals surface area contributed by atoms with Crippen molar-refractivity contribution in [3.05, 3.63) is 39.9 Å². The van der Waals surface area contributed by atoms with Gasteiger partial charge in [0.2, 0.25) is 0 Å². The van der Waals surface area contributed by atoms with Crippen LogP contribution in [0, 0.1) is 10.1 Å². The second-order valence-corrected chi connectivity index (χ2v) is 3.14. The fourth-order valence-corrected chi connectivity index (χ4v) is 1.01. The van der Waals surface area contributed by atoms with Crippen LogP contribution in [0.15, 0.2) is 24.3 Å². The van der Waals surface area contributed by atoms with Crippen LogP contribution < -0.4 is 0 Å². The number of nitro benzene ring substituents is 1. The predicted octanol–water partition coefficient (Wildman–Crippen LogP) is 2.75. The van der Waals surface area contributed by atoms with Gasteiger partial charge in [-0.25, -0.2) is 8.78 Å². The van der Waals surface area contributed by atoms with Crippen LogP contribution in [0.5, 0.6) is 0 Å². The lowest BCUT2D eigenvalue weighted by molar-refractivity contribution is -0.384. The Hall–Kier alpha value is -1.52. The van der Waals surface area contributed by atoms with Gasteiger partial charge in [-0.15, -0.1) is 0 Å². The van der Waals surface area contributed by atoms with Crippen LogP contribution in [0.4, 0.5) is 14.5 Å². The normalized spacial score (nSPS) is 14.8. The summed E-state index contributed by atoms with van der Waals surface area (Å²) in [5, 5.41) is 10.3. The Kier molecular flexibility index (Phi) is 2.78. The summed E-state index contributed by atoms with van der Waals surface area (Å²) in [7, 11) is 0. The zero-order valence-electron chi connectivity index (χ0n) is 7.54. The molecule has 0 saturated heterocycles. The summed E-state index contributed by atoms with van der Waals surface area (Å²) in [5.74, 6) is 0. The van der Waals surface area contributed by atoms with Crippen molar-refractivity contribution in [2.24, 2.45) is 0 Å². The molecular weight excluding hydrogens is 192 g/mol. The summed E-state index contributed by atoms with van der Waals surface area (Å²) >= 11 is 0. The molecule has 0 saturated carbocycles. The van der Waals surface area contributed by atoms with Crippen LogP contribution in [0.25, 0.3) is 0 Å². The molecule has 0 N–H and O–H groups in total. The second kappa shape index (κ2) is 3.69. The maximum Gasteiger partial charge on any atom is 0.269 e. The molecule has 0 fully saturated rings. The average molecular weight is 201 g/mol. The van der Waals surface area contributed by atoms with E-state index in [9.17, 15) is 18.9 Å². The molecule has 0 aromatic heterocycles. The Labute approximate surface area is 79.5 Å². The van der Waals surface area contributed by atoms with E-state index in [-0.39, 0.29) is 11.3 Å². The lowest BCUT2D eigenvalue weighted by atomic mass is 9.99. The topological polar surface area (TPSA) is 43.1 Å². The molecule has 0 heterocycles. The molecule has 1 unspecified atom stereocenters. The number of non-ortho nitro benzene ring substituents is 1. The van der Waals surface area contributed by atoms with Crippen molar-refractivity contribution in [1.82, 2.24) is 0 Å². The number of hydrogen-bond acceptors (Lipinski definition) is 2. The summed E-state index contributed by atoms with van der Waals surface area (Å²) in [6.07, 6.45) is 0. The number of rotatable bonds is 3. The summed E-state index contributed by atoms with van der Waals surface area (Å²) in [5.41, 5.74) is -2.11. The van der Waals surface area contributed by atoms with Crippen LogP contribution in [0.2, 0.25) is 0 Å². The van der Waals surface area contributed by atoms with E-state index >= 15 is 0 Å². The maximum atomic E-state index is 13.3. The van der Waals surface area contributed by atoms with Gasteiger partial charge in [0.25, 0.3) is 5.69 Å². The number of alkyl halides is 2. The fraction of sp³-hybridized carbons (Fsp3) is 0.333. The van der Waals surface area contributed by atoms with Gasteiger partial charge < -0.3 is 0 Å². The van der Waals surface area contributed by atoms with Crippen molar-refractivity contribution in [3.8, 4) is 0 Å². The third-order valence-corrected chi connectivity index (χ3v) is 1.93. The van der Waals surface area contributed by atoms with E-state index in [1.807, 2.05) is 0 Å². The van der Waals surface area contributed by atoms with E-state index in [4.69, 9.17) is 0 Å². The van der Waals surface area contributed by atoms with Gasteiger partial charge in [-0.1, -0.05) is 0 Å². The van der Waals surface area contributed by atoms with E-state index in [0.29, 0.717) is 0 Å². The van der Waals surface area contributed by atoms with Gasteiger partial charge in [0.15, 0.2) is 5.67 Å². The quantitative estimate of drug-likeness (QED) is 0.557. The van der Waals surface area contributed by atoms with E-state index in [1.165, 1.54) is 12.1 Å². The molecule has 1 aromatic carbocycles. The van der Waals surface area contributed by atoms with Crippen LogP contribution in [-0.4, -0.2) is 11.6 Å². The summed E-state index contributed by atoms with van der Waals surface area (Å²) in [6, 6.07) is 4.75. The molecule has 0 aliphatic rings. The van der Waals surface area contributed by atoms with E-state index < -0.39 is 17.3 Å². The summed E-state index contributed by atoms with van der Waals surface area (Å²) in [4.78, 5) is 9.68. The molecule has 0 radical (unpaired) electrons. The van der Waals surface area contributed by atoms with Gasteiger partial charge in [-0.2, -0.15) is 0 Å². The molecule has 3 nitrogen and oxygen atoms in total. The molecule has 14 heavy (non-hydrogen) atoms. The number of nitro groups is 1. The minimum Gasteiger partial charge on any atom is -0.258 e. The predicted molar refractivity (Wildman–Crippen MR) is 47.5 cm³/mol. The SMILES string of the molecule is CC(F)(CF)c1ccc([N+](=O)[O-])cc1. The van der Waals surface area contributed by atoms with Crippen LogP contribution in [-0.2, 0) is 5.67 Å². The first-order chi connectivity index (χ1) is 6.47. The third kappa shape index (κ3) is 2.04. The standard InChI is InChI=1S/C9H9F2NO2/c1-9(11,6-10)7-2-4-8(5-3-7)12(13)14/h2-5H,6H2,1H3. The fourth-order valence-electron chi connectivity index (χ4n) is 1.01. The van der Waals surface area contributed by atoms with Crippen LogP contribution in [0.1, 0.15) is 12.5 Å². The highest BCUT2D eigenvalue weighted by molar-refractivity contribution is 5.35. The van der Waals surface area contributed by atoms with Crippen LogP contribution >= 0.6 is 0 Å². The highest BCUT2D eigenvalue weighted by Crippen LogP contribution is 2.27. The number of halogens is 2. The van der Waals surface area contributed by atoms with E-state index in [2.05, 4.69) is 0 Å². The average Bonchev–Trinajstić information content (AvgIpc) is 2.18. The Balaban J connectivity index is 2.99. The third-order valence-electron chi connectivity index (χ3n) is 1.93. The number of nitrogens with zero attached hydrogens (tertiary/aromatic N) is 1. The lowest BCUT2D eigenvalue weighted by Gasteiger charge is -2.15. The van der Waals surface area contributed by atoms with Gasteiger partial charge in [0.05, 0.1) is 4.92 Å². The monoisotopic (exact) mass is 201 g/mol. The Morgan fingerprint density at radius 3 is 2.29 bits per heavy atom. The molecule has 0 spiro atoms. The zero-order valence-corrected chi connectivity index (χ0v) is 7.54. The molecular formula is C9H9F2NO2. The Morgan fingerprint density at radius 2 is 1.93 bits per heavy atom. The van der Waals surface area contributed by atoms with Crippen molar-refractivity contribution in [3.63, 3.8) is 0 Å². The van der Waals surface area contributed by atoms with Gasteiger partial charge in [-0.3, -0.25) is 10.1 Å². The lowest BCUT2D eigenvalue weighted by Crippen LogP contribution is -2.17. The zero-order chi connectivity index (χ0) is 10.8. The molecule has 0 aliphatic heterocycles. The van der Waals surface area contributed by atoms with Gasteiger partial charge in [0, 0.05) is 12.1 Å². The molecule has 1 atom stereocenters. The summed E-state index contributed by atoms with van der Waals surface area (Å²) in [6.45, 7) is -0.0566. The molecule has 76 valence electrons. The number of benzene rings is 1. The first-order valence-electron chi connectivity index (χ1n) is 3.97. The van der Waals surface area contributed by atoms with E-state index in [0.717, 1.165) is 19.1 Å². The van der Waals surface area contributed by atoms with Gasteiger partial charge in [-0.05, 0) is 24.6 Å². The van der Waals surface area contributed by atoms with Crippen LogP contribution in [0.3, 0.4) is 0 Å². The minimum absolute atomic E-state index is 0.102. The first kappa shape index (κ1) is 10.6. The molecule has 1 aromatic rings. The molecule has 0 aliphatic carbocycles. The summed E-state index contributed by atoms with van der Waals surface area (Å²) < 4.78 is 25.5. The van der Waals surface area contributed by atoms with Crippen molar-refractivity contribution < 1.29 is 13.7 Å². The molecule has 1 rings (SSSR count). The first-order valence-corrected chi connectivity index (χ1v) is 3.97. The largest absolute Gasteiger partial charge is 0.269 e. The molecule has 0 amide bonds. The van der Waals surface area contributed by atoms with Gasteiger partial charge in [0.1, 0.15) is 6.67 Å². The van der Waals surface area contributed by atoms with Gasteiger partial charge >= 0.3 is 0 Å². The van der Waals surface area contributed by atoms with Crippen molar-refractivity contribution >= 4 is 5.69 Å². The van der Waals surface area contributed by atoms with Crippen molar-refractivity contribution in [1.29, 1.82) is 0 Å². The molecule has 0 bridgehead atoms. The highest BCUT2D eigenvalue weighted by Gasteiger charge is 2.26. The van der Waals surface area contributed by atoms with Crippen molar-refractivity contribution in [2.45, 2.75) is 12.6 Å². The van der Waals surface area contributed by atoms with Crippen molar-refractivity contribution in [2.75, 3.05) is 6.67 Å². The molecule has 5 heteroatoms. The highest BCUT2D eigenvalue weighted by atomic mass is 19.2. The Morgan fingerprint density at radius 1 is 1.43 bits per heavy atom.